The summed E-state index contributed by atoms with van der Waals surface area (Å²) < 4.78 is 40.8. The van der Waals surface area contributed by atoms with Crippen LogP contribution in [-0.2, 0) is 10.0 Å². The third kappa shape index (κ3) is 4.94. The number of fused-ring (bicyclic) bond motifs is 1. The number of para-hydroxylation sites is 1. The monoisotopic (exact) mass is 528 g/mol. The fraction of sp³-hybridized carbons (Fsp3) is 0.241. The Hall–Kier alpha value is -3.95. The van der Waals surface area contributed by atoms with Crippen LogP contribution in [0.2, 0.25) is 0 Å². The summed E-state index contributed by atoms with van der Waals surface area (Å²) in [4.78, 5) is 4.95. The van der Waals surface area contributed by atoms with Gasteiger partial charge in [-0.3, -0.25) is 4.99 Å². The Morgan fingerprint density at radius 3 is 2.34 bits per heavy atom. The molecule has 1 saturated heterocycles. The van der Waals surface area contributed by atoms with Gasteiger partial charge in [-0.25, -0.2) is 13.1 Å². The highest BCUT2D eigenvalue weighted by Crippen LogP contribution is 2.35. The fourth-order valence-electron chi connectivity index (χ4n) is 4.71. The van der Waals surface area contributed by atoms with Gasteiger partial charge in [0.05, 0.1) is 16.3 Å². The van der Waals surface area contributed by atoms with E-state index in [1.807, 2.05) is 59.4 Å². The van der Waals surface area contributed by atoms with Crippen molar-refractivity contribution in [1.29, 1.82) is 0 Å². The number of ether oxygens (including phenoxy) is 2. The lowest BCUT2D eigenvalue weighted by molar-refractivity contribution is 0.171. The maximum atomic E-state index is 13.0. The van der Waals surface area contributed by atoms with E-state index in [1.54, 1.807) is 34.8 Å². The predicted molar refractivity (Wildman–Crippen MR) is 146 cm³/mol. The normalized spacial score (nSPS) is 16.1. The van der Waals surface area contributed by atoms with Gasteiger partial charge >= 0.3 is 0 Å². The molecule has 2 aliphatic rings. The average Bonchev–Trinajstić information content (AvgIpc) is 3.41. The van der Waals surface area contributed by atoms with Gasteiger partial charge in [-0.15, -0.1) is 0 Å². The number of hydrogen-bond acceptors (Lipinski definition) is 6. The molecule has 194 valence electrons. The number of aromatic nitrogens is 2. The van der Waals surface area contributed by atoms with Gasteiger partial charge in [0, 0.05) is 36.6 Å². The lowest BCUT2D eigenvalue weighted by atomic mass is 10.1. The van der Waals surface area contributed by atoms with Crippen LogP contribution >= 0.6 is 0 Å². The Morgan fingerprint density at radius 2 is 1.58 bits per heavy atom. The maximum absolute atomic E-state index is 13.0. The molecule has 4 aromatic rings. The molecule has 0 atom stereocenters. The summed E-state index contributed by atoms with van der Waals surface area (Å²) in [5.41, 5.74) is 4.03. The Labute approximate surface area is 222 Å². The quantitative estimate of drug-likeness (QED) is 0.320. The first-order chi connectivity index (χ1) is 18.6. The van der Waals surface area contributed by atoms with E-state index in [9.17, 15) is 8.42 Å². The van der Waals surface area contributed by atoms with E-state index in [4.69, 9.17) is 14.6 Å². The van der Waals surface area contributed by atoms with Crippen molar-refractivity contribution in [2.24, 2.45) is 4.99 Å². The van der Waals surface area contributed by atoms with E-state index in [1.165, 1.54) is 0 Å². The molecule has 0 amide bonds. The molecule has 1 fully saturated rings. The number of nitrogens with zero attached hydrogens (tertiary/aromatic N) is 4. The maximum Gasteiger partial charge on any atom is 0.243 e. The van der Waals surface area contributed by atoms with Gasteiger partial charge in [-0.1, -0.05) is 24.6 Å². The zero-order valence-electron chi connectivity index (χ0n) is 20.9. The second kappa shape index (κ2) is 10.4. The van der Waals surface area contributed by atoms with E-state index in [0.717, 1.165) is 47.5 Å². The summed E-state index contributed by atoms with van der Waals surface area (Å²) in [5, 5.41) is 4.85. The molecule has 2 aliphatic heterocycles. The first-order valence-corrected chi connectivity index (χ1v) is 14.2. The van der Waals surface area contributed by atoms with Crippen LogP contribution in [0, 0.1) is 0 Å². The van der Waals surface area contributed by atoms with Crippen molar-refractivity contribution in [3.05, 3.63) is 84.6 Å². The number of benzene rings is 3. The summed E-state index contributed by atoms with van der Waals surface area (Å²) in [5.74, 6) is 1.41. The first-order valence-electron chi connectivity index (χ1n) is 12.8. The van der Waals surface area contributed by atoms with E-state index >= 15 is 0 Å². The molecule has 0 saturated carbocycles. The van der Waals surface area contributed by atoms with Crippen LogP contribution in [0.3, 0.4) is 0 Å². The summed E-state index contributed by atoms with van der Waals surface area (Å²) in [6.45, 7) is 2.20. The molecule has 9 heteroatoms. The number of aliphatic imine (C=N–C) groups is 1. The Bertz CT molecular complexity index is 1560. The van der Waals surface area contributed by atoms with Gasteiger partial charge in [0.25, 0.3) is 0 Å². The van der Waals surface area contributed by atoms with Gasteiger partial charge in [0.15, 0.2) is 11.5 Å². The van der Waals surface area contributed by atoms with Crippen LogP contribution in [0.4, 0.5) is 5.69 Å². The molecule has 0 aliphatic carbocycles. The first kappa shape index (κ1) is 24.4. The molecule has 3 heterocycles. The van der Waals surface area contributed by atoms with Crippen molar-refractivity contribution in [3.63, 3.8) is 0 Å². The standard InChI is InChI=1S/C29H28N4O4S/c34-38(35,32-15-5-2-6-16-32)26-12-10-24(11-13-26)30-20-23-21-33(25-7-3-1-4-8-25)31-29(23)22-9-14-27-28(19-22)37-18-17-36-27/h1,3-4,7-14,19-21H,2,5-6,15-18H2. The molecule has 8 nitrogen and oxygen atoms in total. The van der Waals surface area contributed by atoms with Crippen molar-refractivity contribution in [2.45, 2.75) is 24.2 Å². The van der Waals surface area contributed by atoms with Crippen molar-refractivity contribution in [2.75, 3.05) is 26.3 Å². The number of rotatable bonds is 6. The minimum absolute atomic E-state index is 0.298. The van der Waals surface area contributed by atoms with Crippen molar-refractivity contribution >= 4 is 21.9 Å². The van der Waals surface area contributed by atoms with Crippen LogP contribution in [0.5, 0.6) is 11.5 Å². The third-order valence-corrected chi connectivity index (χ3v) is 8.63. The molecule has 0 bridgehead atoms. The smallest absolute Gasteiger partial charge is 0.243 e. The van der Waals surface area contributed by atoms with Gasteiger partial charge in [0.2, 0.25) is 10.0 Å². The summed E-state index contributed by atoms with van der Waals surface area (Å²) in [6, 6.07) is 22.4. The van der Waals surface area contributed by atoms with Crippen LogP contribution in [-0.4, -0.2) is 55.0 Å². The van der Waals surface area contributed by atoms with Crippen LogP contribution in [0.15, 0.2) is 88.9 Å². The van der Waals surface area contributed by atoms with Gasteiger partial charge in [0.1, 0.15) is 18.9 Å². The van der Waals surface area contributed by atoms with Crippen LogP contribution < -0.4 is 9.47 Å². The number of piperidine rings is 1. The Balaban J connectivity index is 1.31. The molecule has 38 heavy (non-hydrogen) atoms. The van der Waals surface area contributed by atoms with Crippen molar-refractivity contribution in [3.8, 4) is 28.4 Å². The zero-order chi connectivity index (χ0) is 26.0. The zero-order valence-corrected chi connectivity index (χ0v) is 21.7. The molecular formula is C29H28N4O4S. The van der Waals surface area contributed by atoms with Crippen molar-refractivity contribution < 1.29 is 17.9 Å². The molecule has 6 rings (SSSR count). The van der Waals surface area contributed by atoms with E-state index in [0.29, 0.717) is 42.6 Å². The number of hydrogen-bond donors (Lipinski definition) is 0. The molecule has 3 aromatic carbocycles. The number of sulfonamides is 1. The predicted octanol–water partition coefficient (Wildman–Crippen LogP) is 5.24. The summed E-state index contributed by atoms with van der Waals surface area (Å²) >= 11 is 0. The van der Waals surface area contributed by atoms with Crippen molar-refractivity contribution in [1.82, 2.24) is 14.1 Å². The fourth-order valence-corrected chi connectivity index (χ4v) is 6.23. The average molecular weight is 529 g/mol. The second-order valence-corrected chi connectivity index (χ2v) is 11.2. The summed E-state index contributed by atoms with van der Waals surface area (Å²) in [7, 11) is -3.48. The SMILES string of the molecule is O=S(=O)(c1ccc(N=Cc2cn(-c3ccccc3)nc2-c2ccc3c(c2)OCCO3)cc1)N1CCCCC1. The summed E-state index contributed by atoms with van der Waals surface area (Å²) in [6.07, 6.45) is 6.58. The minimum Gasteiger partial charge on any atom is -0.486 e. The third-order valence-electron chi connectivity index (χ3n) is 6.72. The Morgan fingerprint density at radius 1 is 0.842 bits per heavy atom. The van der Waals surface area contributed by atoms with E-state index in [2.05, 4.69) is 4.99 Å². The lowest BCUT2D eigenvalue weighted by Crippen LogP contribution is -2.35. The van der Waals surface area contributed by atoms with Crippen LogP contribution in [0.1, 0.15) is 24.8 Å². The highest BCUT2D eigenvalue weighted by Gasteiger charge is 2.25. The Kier molecular flexibility index (Phi) is 6.70. The molecule has 0 unspecified atom stereocenters. The highest BCUT2D eigenvalue weighted by atomic mass is 32.2. The molecule has 0 spiro atoms. The molecule has 0 N–H and O–H groups in total. The second-order valence-electron chi connectivity index (χ2n) is 9.29. The molecular weight excluding hydrogens is 500 g/mol. The lowest BCUT2D eigenvalue weighted by Gasteiger charge is -2.25. The van der Waals surface area contributed by atoms with Crippen LogP contribution in [0.25, 0.3) is 16.9 Å². The van der Waals surface area contributed by atoms with Gasteiger partial charge in [-0.2, -0.15) is 9.40 Å². The molecule has 1 aromatic heterocycles. The largest absolute Gasteiger partial charge is 0.486 e. The molecule has 0 radical (unpaired) electrons. The van der Waals surface area contributed by atoms with Gasteiger partial charge < -0.3 is 9.47 Å². The minimum atomic E-state index is -3.48. The van der Waals surface area contributed by atoms with E-state index < -0.39 is 10.0 Å². The van der Waals surface area contributed by atoms with E-state index in [-0.39, 0.29) is 0 Å². The highest BCUT2D eigenvalue weighted by molar-refractivity contribution is 7.89. The van der Waals surface area contributed by atoms with Gasteiger partial charge in [-0.05, 0) is 67.4 Å². The topological polar surface area (TPSA) is 86.0 Å².